The molecule has 2 aromatic rings. The molecule has 0 radical (unpaired) electrons. The van der Waals surface area contributed by atoms with Crippen LogP contribution >= 0.6 is 22.9 Å². The number of unbranched alkanes of at least 4 members (excludes halogenated alkanes) is 1. The van der Waals surface area contributed by atoms with Crippen molar-refractivity contribution in [3.63, 3.8) is 0 Å². The number of fused-ring (bicyclic) bond motifs is 1. The third-order valence-corrected chi connectivity index (χ3v) is 3.75. The lowest BCUT2D eigenvalue weighted by molar-refractivity contribution is 0.745. The molecule has 1 nitrogen and oxygen atoms in total. The molecule has 0 saturated heterocycles. The van der Waals surface area contributed by atoms with E-state index in [0.29, 0.717) is 0 Å². The lowest BCUT2D eigenvalue weighted by Gasteiger charge is -2.04. The van der Waals surface area contributed by atoms with Gasteiger partial charge >= 0.3 is 0 Å². The predicted octanol–water partition coefficient (Wildman–Crippen LogP) is 3.84. The maximum Gasteiger partial charge on any atom is 0.0444 e. The van der Waals surface area contributed by atoms with Crippen LogP contribution in [0.1, 0.15) is 18.4 Å². The number of rotatable bonds is 4. The Hall–Kier alpha value is -0.570. The summed E-state index contributed by atoms with van der Waals surface area (Å²) in [5, 5.41) is 4.23. The van der Waals surface area contributed by atoms with E-state index in [1.54, 1.807) is 11.3 Å². The lowest BCUT2D eigenvalue weighted by atomic mass is 10.1. The highest BCUT2D eigenvalue weighted by Crippen LogP contribution is 2.28. The molecule has 0 amide bonds. The molecule has 0 spiro atoms. The van der Waals surface area contributed by atoms with E-state index in [0.717, 1.165) is 30.8 Å². The minimum absolute atomic E-state index is 0.763. The van der Waals surface area contributed by atoms with Gasteiger partial charge < -0.3 is 5.73 Å². The fraction of sp³-hybridized carbons (Fsp3) is 0.333. The highest BCUT2D eigenvalue weighted by atomic mass is 35.5. The largest absolute Gasteiger partial charge is 0.330 e. The summed E-state index contributed by atoms with van der Waals surface area (Å²) in [4.78, 5) is 0. The minimum Gasteiger partial charge on any atom is -0.330 e. The van der Waals surface area contributed by atoms with Gasteiger partial charge in [0.15, 0.2) is 0 Å². The number of nitrogens with two attached hydrogens (primary N) is 1. The van der Waals surface area contributed by atoms with Crippen molar-refractivity contribution in [1.29, 1.82) is 0 Å². The van der Waals surface area contributed by atoms with E-state index in [4.69, 9.17) is 17.3 Å². The smallest absolute Gasteiger partial charge is 0.0444 e. The van der Waals surface area contributed by atoms with Gasteiger partial charge in [-0.15, -0.1) is 11.3 Å². The summed E-state index contributed by atoms with van der Waals surface area (Å²) >= 11 is 7.98. The Kier molecular flexibility index (Phi) is 3.62. The summed E-state index contributed by atoms with van der Waals surface area (Å²) < 4.78 is 1.32. The third kappa shape index (κ3) is 2.51. The van der Waals surface area contributed by atoms with Gasteiger partial charge in [0.05, 0.1) is 0 Å². The molecule has 0 fully saturated rings. The third-order valence-electron chi connectivity index (χ3n) is 2.52. The summed E-state index contributed by atoms with van der Waals surface area (Å²) in [5.41, 5.74) is 6.72. The number of hydrogen-bond acceptors (Lipinski definition) is 2. The van der Waals surface area contributed by atoms with E-state index in [2.05, 4.69) is 23.6 Å². The van der Waals surface area contributed by atoms with E-state index in [1.165, 1.54) is 15.6 Å². The molecule has 0 aliphatic carbocycles. The van der Waals surface area contributed by atoms with Crippen molar-refractivity contribution in [2.45, 2.75) is 19.3 Å². The molecule has 2 N–H and O–H groups in total. The molecule has 80 valence electrons. The first-order valence-electron chi connectivity index (χ1n) is 5.17. The fourth-order valence-electron chi connectivity index (χ4n) is 1.68. The number of benzene rings is 1. The fourth-order valence-corrected chi connectivity index (χ4v) is 2.78. The Bertz CT molecular complexity index is 450. The second-order valence-electron chi connectivity index (χ2n) is 3.65. The molecular formula is C12H14ClNS. The van der Waals surface area contributed by atoms with Gasteiger partial charge in [0.2, 0.25) is 0 Å². The normalized spacial score (nSPS) is 11.1. The van der Waals surface area contributed by atoms with Crippen molar-refractivity contribution >= 4 is 33.0 Å². The molecule has 0 aliphatic heterocycles. The highest BCUT2D eigenvalue weighted by Gasteiger charge is 2.03. The molecule has 0 saturated carbocycles. The van der Waals surface area contributed by atoms with Crippen LogP contribution < -0.4 is 5.73 Å². The van der Waals surface area contributed by atoms with Gasteiger partial charge in [0.1, 0.15) is 0 Å². The molecule has 15 heavy (non-hydrogen) atoms. The van der Waals surface area contributed by atoms with E-state index >= 15 is 0 Å². The number of aryl methyl sites for hydroxylation is 1. The Labute approximate surface area is 98.9 Å². The first kappa shape index (κ1) is 10.9. The van der Waals surface area contributed by atoms with Crippen LogP contribution in [0.5, 0.6) is 0 Å². The van der Waals surface area contributed by atoms with Crippen LogP contribution in [0, 0.1) is 0 Å². The van der Waals surface area contributed by atoms with Gasteiger partial charge in [0, 0.05) is 9.72 Å². The van der Waals surface area contributed by atoms with Crippen LogP contribution in [-0.4, -0.2) is 6.54 Å². The van der Waals surface area contributed by atoms with Gasteiger partial charge in [-0.3, -0.25) is 0 Å². The van der Waals surface area contributed by atoms with Gasteiger partial charge in [-0.25, -0.2) is 0 Å². The van der Waals surface area contributed by atoms with E-state index in [-0.39, 0.29) is 0 Å². The van der Waals surface area contributed by atoms with E-state index in [9.17, 15) is 0 Å². The molecular weight excluding hydrogens is 226 g/mol. The van der Waals surface area contributed by atoms with Crippen molar-refractivity contribution in [2.24, 2.45) is 5.73 Å². The van der Waals surface area contributed by atoms with Crippen LogP contribution in [0.25, 0.3) is 10.1 Å². The van der Waals surface area contributed by atoms with Crippen LogP contribution in [0.2, 0.25) is 5.02 Å². The Morgan fingerprint density at radius 1 is 1.27 bits per heavy atom. The second kappa shape index (κ2) is 4.97. The molecule has 0 bridgehead atoms. The Balaban J connectivity index is 2.22. The Morgan fingerprint density at radius 2 is 2.13 bits per heavy atom. The van der Waals surface area contributed by atoms with Gasteiger partial charge in [-0.2, -0.15) is 0 Å². The minimum atomic E-state index is 0.763. The van der Waals surface area contributed by atoms with Crippen molar-refractivity contribution in [2.75, 3.05) is 6.54 Å². The van der Waals surface area contributed by atoms with E-state index < -0.39 is 0 Å². The summed E-state index contributed by atoms with van der Waals surface area (Å²) in [5.74, 6) is 0. The summed E-state index contributed by atoms with van der Waals surface area (Å²) in [7, 11) is 0. The zero-order valence-electron chi connectivity index (χ0n) is 8.50. The zero-order valence-corrected chi connectivity index (χ0v) is 10.1. The molecule has 1 aromatic carbocycles. The molecule has 1 aromatic heterocycles. The highest BCUT2D eigenvalue weighted by molar-refractivity contribution is 7.17. The molecule has 2 rings (SSSR count). The maximum atomic E-state index is 6.21. The molecule has 0 aliphatic rings. The topological polar surface area (TPSA) is 26.0 Å². The van der Waals surface area contributed by atoms with E-state index in [1.807, 2.05) is 0 Å². The second-order valence-corrected chi connectivity index (χ2v) is 5.00. The standard InChI is InChI=1S/C12H14ClNS/c13-11-7-10-4-6-15-12(10)8-9(11)3-1-2-5-14/h4,6-8H,1-3,5,14H2. The van der Waals surface area contributed by atoms with Gasteiger partial charge in [-0.1, -0.05) is 11.6 Å². The lowest BCUT2D eigenvalue weighted by Crippen LogP contribution is -1.99. The van der Waals surface area contributed by atoms with Gasteiger partial charge in [0.25, 0.3) is 0 Å². The van der Waals surface area contributed by atoms with Crippen LogP contribution in [0.3, 0.4) is 0 Å². The monoisotopic (exact) mass is 239 g/mol. The summed E-state index contributed by atoms with van der Waals surface area (Å²) in [6, 6.07) is 6.37. The van der Waals surface area contributed by atoms with Gasteiger partial charge in [-0.05, 0) is 60.3 Å². The first-order chi connectivity index (χ1) is 7.31. The Morgan fingerprint density at radius 3 is 2.93 bits per heavy atom. The average molecular weight is 240 g/mol. The average Bonchev–Trinajstić information content (AvgIpc) is 2.65. The molecule has 0 atom stereocenters. The number of hydrogen-bond donors (Lipinski definition) is 1. The maximum absolute atomic E-state index is 6.21. The molecule has 0 unspecified atom stereocenters. The molecule has 1 heterocycles. The predicted molar refractivity (Wildman–Crippen MR) is 68.8 cm³/mol. The summed E-state index contributed by atoms with van der Waals surface area (Å²) in [6.07, 6.45) is 3.22. The quantitative estimate of drug-likeness (QED) is 0.807. The first-order valence-corrected chi connectivity index (χ1v) is 6.42. The van der Waals surface area contributed by atoms with Crippen molar-refractivity contribution in [1.82, 2.24) is 0 Å². The van der Waals surface area contributed by atoms with Crippen molar-refractivity contribution in [3.05, 3.63) is 34.2 Å². The summed E-state index contributed by atoms with van der Waals surface area (Å²) in [6.45, 7) is 0.763. The molecule has 3 heteroatoms. The van der Waals surface area contributed by atoms with Crippen LogP contribution in [0.4, 0.5) is 0 Å². The SMILES string of the molecule is NCCCCc1cc2sccc2cc1Cl. The van der Waals surface area contributed by atoms with Crippen molar-refractivity contribution < 1.29 is 0 Å². The van der Waals surface area contributed by atoms with Crippen LogP contribution in [-0.2, 0) is 6.42 Å². The van der Waals surface area contributed by atoms with Crippen LogP contribution in [0.15, 0.2) is 23.6 Å². The number of thiophene rings is 1. The zero-order chi connectivity index (χ0) is 10.7. The van der Waals surface area contributed by atoms with Crippen molar-refractivity contribution in [3.8, 4) is 0 Å². The number of halogens is 1.